The fraction of sp³-hybridized carbons (Fsp3) is 0.350. The number of hydrogen-bond acceptors (Lipinski definition) is 5. The van der Waals surface area contributed by atoms with Gasteiger partial charge in [0.2, 0.25) is 0 Å². The molecule has 1 aliphatic heterocycles. The Morgan fingerprint density at radius 1 is 1.30 bits per heavy atom. The number of pyridine rings is 1. The highest BCUT2D eigenvalue weighted by Crippen LogP contribution is 2.34. The van der Waals surface area contributed by atoms with Crippen LogP contribution in [0, 0.1) is 0 Å². The number of fused-ring (bicyclic) bond motifs is 3. The second-order valence-electron chi connectivity index (χ2n) is 7.07. The van der Waals surface area contributed by atoms with Gasteiger partial charge in [-0.1, -0.05) is 15.9 Å². The average molecular weight is 443 g/mol. The number of halogens is 1. The molecule has 1 fully saturated rings. The maximum absolute atomic E-state index is 5.81. The lowest BCUT2D eigenvalue weighted by molar-refractivity contribution is 0.00631. The van der Waals surface area contributed by atoms with E-state index in [9.17, 15) is 0 Å². The van der Waals surface area contributed by atoms with Crippen LogP contribution < -0.4 is 0 Å². The number of imidazole rings is 1. The Hall–Kier alpha value is -1.83. The van der Waals surface area contributed by atoms with Gasteiger partial charge < -0.3 is 9.30 Å². The lowest BCUT2D eigenvalue weighted by Crippen LogP contribution is -2.26. The largest absolute Gasteiger partial charge is 0.378 e. The molecule has 0 N–H and O–H groups in total. The van der Waals surface area contributed by atoms with Gasteiger partial charge in [-0.25, -0.2) is 9.97 Å². The van der Waals surface area contributed by atoms with Crippen molar-refractivity contribution >= 4 is 49.2 Å². The first-order valence-electron chi connectivity index (χ1n) is 9.13. The van der Waals surface area contributed by atoms with Crippen molar-refractivity contribution in [3.63, 3.8) is 0 Å². The number of hydrogen-bond donors (Lipinski definition) is 0. The van der Waals surface area contributed by atoms with Gasteiger partial charge in [0, 0.05) is 34.3 Å². The first-order valence-corrected chi connectivity index (χ1v) is 10.9. The van der Waals surface area contributed by atoms with Gasteiger partial charge in [-0.15, -0.1) is 11.3 Å². The zero-order chi connectivity index (χ0) is 18.4. The minimum atomic E-state index is 0.258. The molecule has 0 saturated carbocycles. The van der Waals surface area contributed by atoms with E-state index in [0.29, 0.717) is 6.04 Å². The molecule has 4 heterocycles. The number of ether oxygens (including phenoxy) is 1. The molecule has 5 rings (SSSR count). The van der Waals surface area contributed by atoms with E-state index in [4.69, 9.17) is 9.72 Å². The lowest BCUT2D eigenvalue weighted by atomic mass is 10.0. The van der Waals surface area contributed by atoms with Crippen molar-refractivity contribution in [1.29, 1.82) is 0 Å². The summed E-state index contributed by atoms with van der Waals surface area (Å²) in [6, 6.07) is 6.62. The summed E-state index contributed by atoms with van der Waals surface area (Å²) >= 11 is 5.24. The third-order valence-corrected chi connectivity index (χ3v) is 6.32. The zero-order valence-corrected chi connectivity index (χ0v) is 17.3. The van der Waals surface area contributed by atoms with Crippen LogP contribution in [0.4, 0.5) is 0 Å². The molecule has 0 spiro atoms. The summed E-state index contributed by atoms with van der Waals surface area (Å²) < 4.78 is 9.30. The Kier molecular flexibility index (Phi) is 4.46. The number of benzene rings is 1. The highest BCUT2D eigenvalue weighted by atomic mass is 79.9. The SMILES string of the molecule is C[C@H]1C[C@@H](n2c(Cc3cscn3)nc3cnc4ccc(Br)cc4c32)CCO1. The van der Waals surface area contributed by atoms with Crippen molar-refractivity contribution in [3.8, 4) is 0 Å². The molecule has 1 aliphatic rings. The van der Waals surface area contributed by atoms with Crippen molar-refractivity contribution in [2.75, 3.05) is 6.61 Å². The van der Waals surface area contributed by atoms with Crippen LogP contribution in [0.15, 0.2) is 39.8 Å². The van der Waals surface area contributed by atoms with Crippen LogP contribution in [-0.2, 0) is 11.2 Å². The fourth-order valence-electron chi connectivity index (χ4n) is 4.01. The van der Waals surface area contributed by atoms with Gasteiger partial charge in [0.05, 0.1) is 34.5 Å². The summed E-state index contributed by atoms with van der Waals surface area (Å²) in [5, 5.41) is 3.24. The maximum atomic E-state index is 5.81. The van der Waals surface area contributed by atoms with Crippen molar-refractivity contribution < 1.29 is 4.74 Å². The Morgan fingerprint density at radius 3 is 3.04 bits per heavy atom. The molecule has 5 nitrogen and oxygen atoms in total. The zero-order valence-electron chi connectivity index (χ0n) is 14.9. The van der Waals surface area contributed by atoms with Crippen molar-refractivity contribution in [1.82, 2.24) is 19.5 Å². The van der Waals surface area contributed by atoms with E-state index >= 15 is 0 Å². The molecule has 0 aliphatic carbocycles. The van der Waals surface area contributed by atoms with Crippen LogP contribution >= 0.6 is 27.3 Å². The normalized spacial score (nSPS) is 20.5. The summed E-state index contributed by atoms with van der Waals surface area (Å²) in [6.45, 7) is 2.94. The van der Waals surface area contributed by atoms with Crippen molar-refractivity contribution in [3.05, 3.63) is 51.3 Å². The molecule has 4 aromatic rings. The average Bonchev–Trinajstić information content (AvgIpc) is 3.29. The molecule has 0 amide bonds. The van der Waals surface area contributed by atoms with E-state index in [-0.39, 0.29) is 6.10 Å². The van der Waals surface area contributed by atoms with Crippen LogP contribution in [0.3, 0.4) is 0 Å². The predicted octanol–water partition coefficient (Wildman–Crippen LogP) is 5.13. The van der Waals surface area contributed by atoms with E-state index < -0.39 is 0 Å². The standard InChI is InChI=1S/C20H19BrN4OS/c1-12-6-15(4-5-26-12)25-19(8-14-10-27-11-23-14)24-18-9-22-17-3-2-13(21)7-16(17)20(18)25/h2-3,7,9-12,15H,4-6,8H2,1H3/t12-,15-/m0/s1. The van der Waals surface area contributed by atoms with Gasteiger partial charge in [0.25, 0.3) is 0 Å². The fourth-order valence-corrected chi connectivity index (χ4v) is 4.93. The molecule has 1 saturated heterocycles. The van der Waals surface area contributed by atoms with Gasteiger partial charge in [-0.3, -0.25) is 4.98 Å². The molecular formula is C20H19BrN4OS. The summed E-state index contributed by atoms with van der Waals surface area (Å²) in [5.41, 5.74) is 6.06. The third kappa shape index (κ3) is 3.17. The van der Waals surface area contributed by atoms with Gasteiger partial charge in [0.15, 0.2) is 0 Å². The van der Waals surface area contributed by atoms with Gasteiger partial charge in [-0.2, -0.15) is 0 Å². The Balaban J connectivity index is 1.76. The van der Waals surface area contributed by atoms with E-state index in [1.54, 1.807) is 11.3 Å². The lowest BCUT2D eigenvalue weighted by Gasteiger charge is -2.30. The van der Waals surface area contributed by atoms with Crippen molar-refractivity contribution in [2.24, 2.45) is 0 Å². The van der Waals surface area contributed by atoms with E-state index in [1.165, 1.54) is 5.52 Å². The molecule has 0 unspecified atom stereocenters. The van der Waals surface area contributed by atoms with Crippen LogP contribution in [-0.4, -0.2) is 32.2 Å². The van der Waals surface area contributed by atoms with E-state index in [1.807, 2.05) is 17.8 Å². The Morgan fingerprint density at radius 2 is 2.22 bits per heavy atom. The van der Waals surface area contributed by atoms with Crippen molar-refractivity contribution in [2.45, 2.75) is 38.3 Å². The maximum Gasteiger partial charge on any atom is 0.116 e. The molecule has 1 aromatic carbocycles. The number of aromatic nitrogens is 4. The van der Waals surface area contributed by atoms with Gasteiger partial charge in [-0.05, 0) is 38.0 Å². The third-order valence-electron chi connectivity index (χ3n) is 5.20. The highest BCUT2D eigenvalue weighted by molar-refractivity contribution is 9.10. The van der Waals surface area contributed by atoms with Crippen LogP contribution in [0.1, 0.15) is 37.3 Å². The smallest absolute Gasteiger partial charge is 0.116 e. The highest BCUT2D eigenvalue weighted by Gasteiger charge is 2.26. The molecule has 0 radical (unpaired) electrons. The summed E-state index contributed by atoms with van der Waals surface area (Å²) in [4.78, 5) is 14.1. The Labute approximate surface area is 169 Å². The molecule has 27 heavy (non-hydrogen) atoms. The first kappa shape index (κ1) is 17.3. The second-order valence-corrected chi connectivity index (χ2v) is 8.70. The summed E-state index contributed by atoms with van der Waals surface area (Å²) in [6.07, 6.45) is 4.88. The molecular weight excluding hydrogens is 424 g/mol. The number of nitrogens with zero attached hydrogens (tertiary/aromatic N) is 4. The number of rotatable bonds is 3. The van der Waals surface area contributed by atoms with E-state index in [2.05, 4.69) is 54.9 Å². The molecule has 7 heteroatoms. The predicted molar refractivity (Wildman–Crippen MR) is 111 cm³/mol. The molecule has 3 aromatic heterocycles. The second kappa shape index (κ2) is 6.96. The van der Waals surface area contributed by atoms with Gasteiger partial charge in [0.1, 0.15) is 11.3 Å². The van der Waals surface area contributed by atoms with Crippen LogP contribution in [0.5, 0.6) is 0 Å². The molecule has 138 valence electrons. The monoisotopic (exact) mass is 442 g/mol. The summed E-state index contributed by atoms with van der Waals surface area (Å²) in [5.74, 6) is 1.06. The topological polar surface area (TPSA) is 52.8 Å². The van der Waals surface area contributed by atoms with Crippen LogP contribution in [0.2, 0.25) is 0 Å². The quantitative estimate of drug-likeness (QED) is 0.440. The van der Waals surface area contributed by atoms with E-state index in [0.717, 1.165) is 58.3 Å². The first-order chi connectivity index (χ1) is 13.2. The minimum absolute atomic E-state index is 0.258. The Bertz CT molecular complexity index is 1110. The van der Waals surface area contributed by atoms with Gasteiger partial charge >= 0.3 is 0 Å². The number of thiazole rings is 1. The molecule has 2 atom stereocenters. The minimum Gasteiger partial charge on any atom is -0.378 e. The molecule has 0 bridgehead atoms. The summed E-state index contributed by atoms with van der Waals surface area (Å²) in [7, 11) is 0. The van der Waals surface area contributed by atoms with Crippen LogP contribution in [0.25, 0.3) is 21.9 Å².